The van der Waals surface area contributed by atoms with Gasteiger partial charge in [0.15, 0.2) is 5.84 Å². The first-order chi connectivity index (χ1) is 10.3. The number of benzene rings is 1. The van der Waals surface area contributed by atoms with Crippen molar-refractivity contribution < 1.29 is 5.21 Å². The van der Waals surface area contributed by atoms with Crippen LogP contribution in [0, 0.1) is 0 Å². The van der Waals surface area contributed by atoms with E-state index in [-0.39, 0.29) is 5.84 Å². The Hall–Kier alpha value is -2.56. The third kappa shape index (κ3) is 2.67. The van der Waals surface area contributed by atoms with Crippen LogP contribution in [0.25, 0.3) is 0 Å². The molecule has 2 aromatic rings. The number of para-hydroxylation sites is 1. The van der Waals surface area contributed by atoms with E-state index in [2.05, 4.69) is 39.3 Å². The molecule has 108 valence electrons. The second-order valence-electron chi connectivity index (χ2n) is 5.15. The smallest absolute Gasteiger partial charge is 0.189 e. The molecule has 0 saturated carbocycles. The quantitative estimate of drug-likeness (QED) is 0.391. The topological polar surface area (TPSA) is 74.7 Å². The Bertz CT molecular complexity index is 669. The number of amidine groups is 1. The summed E-state index contributed by atoms with van der Waals surface area (Å²) in [5, 5.41) is 12.0. The molecule has 0 radical (unpaired) electrons. The van der Waals surface area contributed by atoms with Crippen molar-refractivity contribution in [2.45, 2.75) is 19.4 Å². The number of aryl methyl sites for hydroxylation is 1. The van der Waals surface area contributed by atoms with Gasteiger partial charge in [0, 0.05) is 30.5 Å². The summed E-state index contributed by atoms with van der Waals surface area (Å²) in [5.41, 5.74) is 9.86. The number of pyridine rings is 1. The summed E-state index contributed by atoms with van der Waals surface area (Å²) in [5.74, 6) is 0.0518. The minimum atomic E-state index is 0.0518. The molecule has 0 unspecified atom stereocenters. The maximum Gasteiger partial charge on any atom is 0.189 e. The molecule has 5 heteroatoms. The summed E-state index contributed by atoms with van der Waals surface area (Å²) < 4.78 is 0. The van der Waals surface area contributed by atoms with Crippen LogP contribution in [0.1, 0.15) is 23.2 Å². The molecule has 1 aromatic carbocycles. The van der Waals surface area contributed by atoms with Crippen LogP contribution >= 0.6 is 0 Å². The fraction of sp³-hybridized carbons (Fsp3) is 0.250. The highest BCUT2D eigenvalue weighted by Gasteiger charge is 2.18. The van der Waals surface area contributed by atoms with Crippen molar-refractivity contribution >= 4 is 11.5 Å². The molecule has 3 rings (SSSR count). The molecule has 0 saturated heterocycles. The Kier molecular flexibility index (Phi) is 3.73. The summed E-state index contributed by atoms with van der Waals surface area (Å²) >= 11 is 0. The summed E-state index contributed by atoms with van der Waals surface area (Å²) in [6.07, 6.45) is 3.91. The summed E-state index contributed by atoms with van der Waals surface area (Å²) in [6, 6.07) is 12.3. The Morgan fingerprint density at radius 2 is 2.14 bits per heavy atom. The van der Waals surface area contributed by atoms with Crippen molar-refractivity contribution in [3.05, 3.63) is 59.4 Å². The lowest BCUT2D eigenvalue weighted by Gasteiger charge is -2.31. The first kappa shape index (κ1) is 13.4. The molecule has 2 heterocycles. The zero-order valence-electron chi connectivity index (χ0n) is 11.7. The van der Waals surface area contributed by atoms with Gasteiger partial charge >= 0.3 is 0 Å². The normalized spacial score (nSPS) is 14.9. The van der Waals surface area contributed by atoms with E-state index in [0.717, 1.165) is 24.9 Å². The Morgan fingerprint density at radius 1 is 1.29 bits per heavy atom. The highest BCUT2D eigenvalue weighted by Crippen LogP contribution is 2.28. The van der Waals surface area contributed by atoms with E-state index in [1.54, 1.807) is 6.20 Å². The predicted molar refractivity (Wildman–Crippen MR) is 82.6 cm³/mol. The Morgan fingerprint density at radius 3 is 3.00 bits per heavy atom. The minimum absolute atomic E-state index is 0.0518. The van der Waals surface area contributed by atoms with Gasteiger partial charge in [0.25, 0.3) is 0 Å². The molecule has 3 N–H and O–H groups in total. The van der Waals surface area contributed by atoms with E-state index in [4.69, 9.17) is 10.9 Å². The molecule has 0 aliphatic carbocycles. The van der Waals surface area contributed by atoms with Crippen LogP contribution in [0.4, 0.5) is 5.69 Å². The van der Waals surface area contributed by atoms with Crippen LogP contribution in [-0.4, -0.2) is 22.6 Å². The Balaban J connectivity index is 1.92. The fourth-order valence-electron chi connectivity index (χ4n) is 2.83. The second-order valence-corrected chi connectivity index (χ2v) is 5.15. The van der Waals surface area contributed by atoms with Crippen molar-refractivity contribution in [2.24, 2.45) is 10.9 Å². The number of hydrogen-bond acceptors (Lipinski definition) is 4. The summed E-state index contributed by atoms with van der Waals surface area (Å²) in [4.78, 5) is 6.55. The lowest BCUT2D eigenvalue weighted by atomic mass is 10.0. The fourth-order valence-corrected chi connectivity index (χ4v) is 2.83. The van der Waals surface area contributed by atoms with Crippen LogP contribution in [0.5, 0.6) is 0 Å². The largest absolute Gasteiger partial charge is 0.409 e. The first-order valence-corrected chi connectivity index (χ1v) is 7.04. The number of hydrogen-bond donors (Lipinski definition) is 2. The summed E-state index contributed by atoms with van der Waals surface area (Å²) in [7, 11) is 0. The van der Waals surface area contributed by atoms with Gasteiger partial charge in [-0.3, -0.25) is 4.98 Å². The van der Waals surface area contributed by atoms with Gasteiger partial charge in [-0.2, -0.15) is 0 Å². The third-order valence-corrected chi connectivity index (χ3v) is 3.81. The molecular formula is C16H18N4O. The van der Waals surface area contributed by atoms with Gasteiger partial charge in [0.1, 0.15) is 5.69 Å². The minimum Gasteiger partial charge on any atom is -0.409 e. The maximum atomic E-state index is 8.89. The van der Waals surface area contributed by atoms with Crippen LogP contribution in [0.15, 0.2) is 47.8 Å². The van der Waals surface area contributed by atoms with Gasteiger partial charge in [-0.25, -0.2) is 0 Å². The summed E-state index contributed by atoms with van der Waals surface area (Å²) in [6.45, 7) is 1.71. The van der Waals surface area contributed by atoms with Crippen LogP contribution in [0.3, 0.4) is 0 Å². The van der Waals surface area contributed by atoms with Crippen LogP contribution in [0.2, 0.25) is 0 Å². The molecule has 1 aliphatic rings. The molecule has 0 bridgehead atoms. The van der Waals surface area contributed by atoms with Gasteiger partial charge in [-0.15, -0.1) is 0 Å². The van der Waals surface area contributed by atoms with E-state index < -0.39 is 0 Å². The third-order valence-electron chi connectivity index (χ3n) is 3.81. The lowest BCUT2D eigenvalue weighted by molar-refractivity contribution is 0.318. The van der Waals surface area contributed by atoms with Gasteiger partial charge < -0.3 is 15.8 Å². The molecule has 0 fully saturated rings. The van der Waals surface area contributed by atoms with E-state index >= 15 is 0 Å². The number of aromatic nitrogens is 1. The number of rotatable bonds is 3. The standard InChI is InChI=1S/C16H18N4O/c17-16(19-21)15-13(6-3-9-18-15)11-20-10-4-7-12-5-1-2-8-14(12)20/h1-3,5-6,8-9,21H,4,7,10-11H2,(H2,17,19). The van der Waals surface area contributed by atoms with Crippen molar-refractivity contribution in [1.82, 2.24) is 4.98 Å². The predicted octanol–water partition coefficient (Wildman–Crippen LogP) is 2.13. The molecule has 0 atom stereocenters. The lowest BCUT2D eigenvalue weighted by Crippen LogP contribution is -2.30. The van der Waals surface area contributed by atoms with E-state index in [9.17, 15) is 0 Å². The highest BCUT2D eigenvalue weighted by atomic mass is 16.4. The van der Waals surface area contributed by atoms with Crippen LogP contribution < -0.4 is 10.6 Å². The number of oxime groups is 1. The average Bonchev–Trinajstić information content (AvgIpc) is 2.55. The number of anilines is 1. The molecule has 1 aliphatic heterocycles. The SMILES string of the molecule is NC(=NO)c1ncccc1CN1CCCc2ccccc21. The van der Waals surface area contributed by atoms with E-state index in [1.165, 1.54) is 11.3 Å². The number of nitrogens with two attached hydrogens (primary N) is 1. The zero-order chi connectivity index (χ0) is 14.7. The van der Waals surface area contributed by atoms with Gasteiger partial charge in [-0.05, 0) is 30.5 Å². The molecule has 21 heavy (non-hydrogen) atoms. The molecule has 0 amide bonds. The molecular weight excluding hydrogens is 264 g/mol. The molecule has 0 spiro atoms. The second kappa shape index (κ2) is 5.83. The average molecular weight is 282 g/mol. The van der Waals surface area contributed by atoms with Gasteiger partial charge in [-0.1, -0.05) is 29.4 Å². The van der Waals surface area contributed by atoms with Gasteiger partial charge in [0.05, 0.1) is 0 Å². The number of fused-ring (bicyclic) bond motifs is 1. The van der Waals surface area contributed by atoms with Crippen molar-refractivity contribution in [3.8, 4) is 0 Å². The van der Waals surface area contributed by atoms with Crippen LogP contribution in [-0.2, 0) is 13.0 Å². The van der Waals surface area contributed by atoms with Gasteiger partial charge in [0.2, 0.25) is 0 Å². The maximum absolute atomic E-state index is 8.89. The highest BCUT2D eigenvalue weighted by molar-refractivity contribution is 5.96. The Labute approximate surface area is 123 Å². The molecule has 1 aromatic heterocycles. The van der Waals surface area contributed by atoms with Crippen molar-refractivity contribution in [3.63, 3.8) is 0 Å². The van der Waals surface area contributed by atoms with Crippen molar-refractivity contribution in [1.29, 1.82) is 0 Å². The van der Waals surface area contributed by atoms with E-state index in [1.807, 2.05) is 12.1 Å². The van der Waals surface area contributed by atoms with E-state index in [0.29, 0.717) is 12.2 Å². The molecule has 5 nitrogen and oxygen atoms in total. The number of nitrogens with zero attached hydrogens (tertiary/aromatic N) is 3. The van der Waals surface area contributed by atoms with Crippen molar-refractivity contribution in [2.75, 3.05) is 11.4 Å². The monoisotopic (exact) mass is 282 g/mol. The zero-order valence-corrected chi connectivity index (χ0v) is 11.7. The first-order valence-electron chi connectivity index (χ1n) is 7.04.